The van der Waals surface area contributed by atoms with Crippen LogP contribution < -0.4 is 4.74 Å². The van der Waals surface area contributed by atoms with Gasteiger partial charge in [0.15, 0.2) is 0 Å². The Balaban J connectivity index is 2.39. The number of aryl methyl sites for hydroxylation is 2. The zero-order valence-corrected chi connectivity index (χ0v) is 12.4. The molecule has 0 aliphatic rings. The summed E-state index contributed by atoms with van der Waals surface area (Å²) in [5.41, 5.74) is 2.17. The number of carboxylic acid groups (broad SMARTS) is 1. The average Bonchev–Trinajstić information content (AvgIpc) is 2.48. The van der Waals surface area contributed by atoms with Crippen molar-refractivity contribution in [2.75, 3.05) is 0 Å². The van der Waals surface area contributed by atoms with Crippen LogP contribution in [0.2, 0.25) is 0 Å². The van der Waals surface area contributed by atoms with Crippen LogP contribution in [0.25, 0.3) is 5.57 Å². The first-order valence-electron chi connectivity index (χ1n) is 6.77. The lowest BCUT2D eigenvalue weighted by atomic mass is 10.0. The topological polar surface area (TPSA) is 63.6 Å². The van der Waals surface area contributed by atoms with Crippen molar-refractivity contribution >= 4 is 17.5 Å². The first kappa shape index (κ1) is 15.5. The van der Waals surface area contributed by atoms with E-state index in [-0.39, 0.29) is 5.57 Å². The maximum atomic E-state index is 12.4. The fourth-order valence-corrected chi connectivity index (χ4v) is 2.07. The summed E-state index contributed by atoms with van der Waals surface area (Å²) in [6.07, 6.45) is 0.878. The number of hydrogen-bond donors (Lipinski definition) is 1. The number of rotatable bonds is 4. The van der Waals surface area contributed by atoms with Crippen molar-refractivity contribution in [2.45, 2.75) is 13.8 Å². The van der Waals surface area contributed by atoms with Gasteiger partial charge in [0.2, 0.25) is 0 Å². The molecule has 112 valence electrons. The molecule has 0 atom stereocenters. The van der Waals surface area contributed by atoms with E-state index in [2.05, 4.69) is 0 Å². The monoisotopic (exact) mass is 296 g/mol. The lowest BCUT2D eigenvalue weighted by Crippen LogP contribution is -2.13. The van der Waals surface area contributed by atoms with Crippen LogP contribution in [0.4, 0.5) is 0 Å². The van der Waals surface area contributed by atoms with Crippen molar-refractivity contribution in [1.29, 1.82) is 0 Å². The van der Waals surface area contributed by atoms with Crippen LogP contribution in [0.3, 0.4) is 0 Å². The highest BCUT2D eigenvalue weighted by Crippen LogP contribution is 2.23. The highest BCUT2D eigenvalue weighted by atomic mass is 16.5. The standard InChI is InChI=1S/C18H16O4/c1-12-7-3-5-9-14(12)15(11-17(19)20)18(21)22-16-10-6-4-8-13(16)2/h3-11H,1-2H3,(H,19,20). The number of esters is 1. The third-order valence-corrected chi connectivity index (χ3v) is 3.22. The highest BCUT2D eigenvalue weighted by Gasteiger charge is 2.18. The van der Waals surface area contributed by atoms with Gasteiger partial charge in [-0.3, -0.25) is 0 Å². The van der Waals surface area contributed by atoms with Crippen LogP contribution in [-0.4, -0.2) is 17.0 Å². The third kappa shape index (κ3) is 3.61. The Hall–Kier alpha value is -2.88. The van der Waals surface area contributed by atoms with Gasteiger partial charge >= 0.3 is 11.9 Å². The summed E-state index contributed by atoms with van der Waals surface area (Å²) in [6.45, 7) is 3.63. The molecule has 0 saturated heterocycles. The lowest BCUT2D eigenvalue weighted by molar-refractivity contribution is -0.132. The van der Waals surface area contributed by atoms with E-state index in [1.807, 2.05) is 38.1 Å². The van der Waals surface area contributed by atoms with E-state index in [1.54, 1.807) is 24.3 Å². The minimum Gasteiger partial charge on any atom is -0.478 e. The number of carbonyl (C=O) groups is 2. The van der Waals surface area contributed by atoms with Gasteiger partial charge < -0.3 is 9.84 Å². The first-order chi connectivity index (χ1) is 10.5. The van der Waals surface area contributed by atoms with Crippen molar-refractivity contribution in [3.63, 3.8) is 0 Å². The van der Waals surface area contributed by atoms with E-state index in [1.165, 1.54) is 0 Å². The molecule has 0 amide bonds. The molecule has 0 aromatic heterocycles. The zero-order chi connectivity index (χ0) is 16.1. The Morgan fingerprint density at radius 1 is 0.955 bits per heavy atom. The van der Waals surface area contributed by atoms with E-state index >= 15 is 0 Å². The third-order valence-electron chi connectivity index (χ3n) is 3.22. The first-order valence-corrected chi connectivity index (χ1v) is 6.77. The van der Waals surface area contributed by atoms with E-state index in [4.69, 9.17) is 9.84 Å². The summed E-state index contributed by atoms with van der Waals surface area (Å²) in [4.78, 5) is 23.4. The molecule has 22 heavy (non-hydrogen) atoms. The van der Waals surface area contributed by atoms with Crippen molar-refractivity contribution in [3.8, 4) is 5.75 Å². The van der Waals surface area contributed by atoms with Crippen molar-refractivity contribution in [2.24, 2.45) is 0 Å². The van der Waals surface area contributed by atoms with Crippen LogP contribution in [-0.2, 0) is 9.59 Å². The average molecular weight is 296 g/mol. The largest absolute Gasteiger partial charge is 0.478 e. The quantitative estimate of drug-likeness (QED) is 0.534. The Morgan fingerprint density at radius 3 is 2.14 bits per heavy atom. The molecule has 0 bridgehead atoms. The van der Waals surface area contributed by atoms with Gasteiger partial charge in [-0.05, 0) is 36.6 Å². The molecule has 0 aliphatic carbocycles. The molecule has 4 nitrogen and oxygen atoms in total. The number of carbonyl (C=O) groups excluding carboxylic acids is 1. The number of hydrogen-bond acceptors (Lipinski definition) is 3. The van der Waals surface area contributed by atoms with Gasteiger partial charge in [-0.15, -0.1) is 0 Å². The molecule has 0 spiro atoms. The van der Waals surface area contributed by atoms with Crippen LogP contribution in [0.1, 0.15) is 16.7 Å². The minimum absolute atomic E-state index is 0.0221. The summed E-state index contributed by atoms with van der Waals surface area (Å²) in [5, 5.41) is 9.02. The second-order valence-corrected chi connectivity index (χ2v) is 4.87. The van der Waals surface area contributed by atoms with Crippen LogP contribution in [0.15, 0.2) is 54.6 Å². The van der Waals surface area contributed by atoms with Gasteiger partial charge in [0.1, 0.15) is 5.75 Å². The van der Waals surface area contributed by atoms with E-state index < -0.39 is 11.9 Å². The van der Waals surface area contributed by atoms with E-state index in [9.17, 15) is 9.59 Å². The molecule has 0 saturated carbocycles. The maximum Gasteiger partial charge on any atom is 0.344 e. The van der Waals surface area contributed by atoms with Crippen molar-refractivity contribution in [3.05, 3.63) is 71.3 Å². The fraction of sp³-hybridized carbons (Fsp3) is 0.111. The Labute approximate surface area is 128 Å². The normalized spacial score (nSPS) is 11.1. The number of benzene rings is 2. The SMILES string of the molecule is Cc1ccccc1OC(=O)C(=CC(=O)O)c1ccccc1C. The second kappa shape index (κ2) is 6.72. The summed E-state index contributed by atoms with van der Waals surface area (Å²) < 4.78 is 5.35. The number of para-hydroxylation sites is 1. The Morgan fingerprint density at radius 2 is 1.55 bits per heavy atom. The van der Waals surface area contributed by atoms with Crippen LogP contribution in [0.5, 0.6) is 5.75 Å². The molecule has 2 aromatic carbocycles. The second-order valence-electron chi connectivity index (χ2n) is 4.87. The van der Waals surface area contributed by atoms with Crippen LogP contribution >= 0.6 is 0 Å². The lowest BCUT2D eigenvalue weighted by Gasteiger charge is -2.11. The van der Waals surface area contributed by atoms with Gasteiger partial charge in [-0.1, -0.05) is 42.5 Å². The Bertz CT molecular complexity index is 744. The molecule has 2 aromatic rings. The molecule has 0 fully saturated rings. The molecule has 0 unspecified atom stereocenters. The Kier molecular flexibility index (Phi) is 4.73. The predicted octanol–water partition coefficient (Wildman–Crippen LogP) is 3.38. The molecule has 1 N–H and O–H groups in total. The van der Waals surface area contributed by atoms with Gasteiger partial charge in [-0.25, -0.2) is 9.59 Å². The van der Waals surface area contributed by atoms with Crippen molar-refractivity contribution in [1.82, 2.24) is 0 Å². The van der Waals surface area contributed by atoms with Gasteiger partial charge in [0, 0.05) is 6.08 Å². The van der Waals surface area contributed by atoms with Crippen molar-refractivity contribution < 1.29 is 19.4 Å². The fourth-order valence-electron chi connectivity index (χ4n) is 2.07. The summed E-state index contributed by atoms with van der Waals surface area (Å²) in [6, 6.07) is 14.2. The van der Waals surface area contributed by atoms with Crippen LogP contribution in [0, 0.1) is 13.8 Å². The molecular weight excluding hydrogens is 280 g/mol. The zero-order valence-electron chi connectivity index (χ0n) is 12.4. The van der Waals surface area contributed by atoms with Gasteiger partial charge in [0.05, 0.1) is 5.57 Å². The predicted molar refractivity (Wildman–Crippen MR) is 83.6 cm³/mol. The van der Waals surface area contributed by atoms with Gasteiger partial charge in [-0.2, -0.15) is 0 Å². The van der Waals surface area contributed by atoms with Gasteiger partial charge in [0.25, 0.3) is 0 Å². The molecule has 0 aliphatic heterocycles. The molecule has 0 radical (unpaired) electrons. The van der Waals surface area contributed by atoms with E-state index in [0.29, 0.717) is 11.3 Å². The van der Waals surface area contributed by atoms with E-state index in [0.717, 1.165) is 17.2 Å². The number of ether oxygens (including phenoxy) is 1. The summed E-state index contributed by atoms with van der Waals surface area (Å²) >= 11 is 0. The number of carboxylic acids is 1. The smallest absolute Gasteiger partial charge is 0.344 e. The minimum atomic E-state index is -1.19. The molecule has 0 heterocycles. The molecular formula is C18H16O4. The highest BCUT2D eigenvalue weighted by molar-refractivity contribution is 6.21. The molecule has 4 heteroatoms. The summed E-state index contributed by atoms with van der Waals surface area (Å²) in [7, 11) is 0. The maximum absolute atomic E-state index is 12.4. The summed E-state index contributed by atoms with van der Waals surface area (Å²) in [5.74, 6) is -1.47. The molecule has 2 rings (SSSR count). The number of aliphatic carboxylic acids is 1.